The van der Waals surface area contributed by atoms with Crippen LogP contribution in [0.1, 0.15) is 50.5 Å². The fraction of sp³-hybridized carbons (Fsp3) is 0.636. The van der Waals surface area contributed by atoms with Crippen LogP contribution < -0.4 is 15.4 Å². The first kappa shape index (κ1) is 19.2. The molecule has 1 aromatic rings. The second kappa shape index (κ2) is 8.11. The number of ether oxygens (including phenoxy) is 1. The Morgan fingerprint density at radius 3 is 2.68 bits per heavy atom. The number of hydrogen-bond acceptors (Lipinski definition) is 4. The van der Waals surface area contributed by atoms with Crippen molar-refractivity contribution in [3.63, 3.8) is 0 Å². The molecule has 3 saturated heterocycles. The highest BCUT2D eigenvalue weighted by molar-refractivity contribution is 5.98. The first-order valence-electron chi connectivity index (χ1n) is 10.5. The molecule has 28 heavy (non-hydrogen) atoms. The Hall–Kier alpha value is -2.08. The van der Waals surface area contributed by atoms with E-state index in [1.54, 1.807) is 7.11 Å². The Bertz CT molecular complexity index is 739. The zero-order chi connectivity index (χ0) is 19.7. The highest BCUT2D eigenvalue weighted by Crippen LogP contribution is 2.34. The topological polar surface area (TPSA) is 70.7 Å². The number of anilines is 1. The maximum atomic E-state index is 13.0. The number of likely N-dealkylation sites (tertiary alicyclic amines) is 1. The highest BCUT2D eigenvalue weighted by Gasteiger charge is 2.38. The van der Waals surface area contributed by atoms with Gasteiger partial charge in [0.1, 0.15) is 11.8 Å². The Morgan fingerprint density at radius 2 is 1.96 bits per heavy atom. The summed E-state index contributed by atoms with van der Waals surface area (Å²) < 4.78 is 5.36. The second-order valence-electron chi connectivity index (χ2n) is 8.62. The van der Waals surface area contributed by atoms with Crippen LogP contribution in [-0.2, 0) is 9.59 Å². The lowest BCUT2D eigenvalue weighted by atomic mass is 9.89. The van der Waals surface area contributed by atoms with Crippen LogP contribution in [-0.4, -0.2) is 48.5 Å². The van der Waals surface area contributed by atoms with E-state index in [1.165, 1.54) is 12.8 Å². The van der Waals surface area contributed by atoms with Gasteiger partial charge >= 0.3 is 0 Å². The summed E-state index contributed by atoms with van der Waals surface area (Å²) in [5.74, 6) is 1.12. The standard InChI is InChI=1S/C22H31N3O3/c1-14-5-8-20(28-2)18(10-14)24-22(27)19-4-3-9-25(19)21(26)13-15-11-16-6-7-17(12-15)23-16/h5,8,10,15-17,19,23H,3-4,6-7,9,11-13H2,1-2H3,(H,24,27). The van der Waals surface area contributed by atoms with E-state index < -0.39 is 0 Å². The van der Waals surface area contributed by atoms with Crippen LogP contribution in [0.5, 0.6) is 5.75 Å². The molecule has 2 amide bonds. The number of amides is 2. The SMILES string of the molecule is COc1ccc(C)cc1NC(=O)C1CCCN1C(=O)CC1CC2CCC(C1)N2. The summed E-state index contributed by atoms with van der Waals surface area (Å²) >= 11 is 0. The zero-order valence-electron chi connectivity index (χ0n) is 16.9. The number of piperidine rings is 1. The summed E-state index contributed by atoms with van der Waals surface area (Å²) in [6.45, 7) is 2.66. The molecular weight excluding hydrogens is 354 g/mol. The number of aryl methyl sites for hydroxylation is 1. The van der Waals surface area contributed by atoms with E-state index in [9.17, 15) is 9.59 Å². The number of carbonyl (C=O) groups excluding carboxylic acids is 2. The minimum Gasteiger partial charge on any atom is -0.495 e. The van der Waals surface area contributed by atoms with Crippen LogP contribution in [0.3, 0.4) is 0 Å². The first-order valence-corrected chi connectivity index (χ1v) is 10.5. The molecule has 3 fully saturated rings. The van der Waals surface area contributed by atoms with Crippen molar-refractivity contribution >= 4 is 17.5 Å². The third kappa shape index (κ3) is 4.02. The minimum absolute atomic E-state index is 0.111. The molecule has 1 aromatic carbocycles. The van der Waals surface area contributed by atoms with Gasteiger partial charge in [-0.15, -0.1) is 0 Å². The van der Waals surface area contributed by atoms with Gasteiger partial charge in [-0.05, 0) is 69.1 Å². The van der Waals surface area contributed by atoms with Crippen LogP contribution in [0, 0.1) is 12.8 Å². The monoisotopic (exact) mass is 385 g/mol. The van der Waals surface area contributed by atoms with E-state index in [0.29, 0.717) is 42.4 Å². The Kier molecular flexibility index (Phi) is 5.58. The number of fused-ring (bicyclic) bond motifs is 2. The Balaban J connectivity index is 1.39. The van der Waals surface area contributed by atoms with Crippen LogP contribution in [0.15, 0.2) is 18.2 Å². The van der Waals surface area contributed by atoms with Gasteiger partial charge in [-0.3, -0.25) is 9.59 Å². The highest BCUT2D eigenvalue weighted by atomic mass is 16.5. The van der Waals surface area contributed by atoms with E-state index in [4.69, 9.17) is 4.74 Å². The molecule has 6 heteroatoms. The lowest BCUT2D eigenvalue weighted by molar-refractivity contribution is -0.137. The lowest BCUT2D eigenvalue weighted by Crippen LogP contribution is -2.45. The van der Waals surface area contributed by atoms with Gasteiger partial charge in [0.2, 0.25) is 11.8 Å². The van der Waals surface area contributed by atoms with Crippen molar-refractivity contribution in [2.75, 3.05) is 19.0 Å². The predicted molar refractivity (Wildman–Crippen MR) is 108 cm³/mol. The normalized spacial score (nSPS) is 29.0. The van der Waals surface area contributed by atoms with Crippen LogP contribution in [0.4, 0.5) is 5.69 Å². The molecule has 152 valence electrons. The average molecular weight is 386 g/mol. The molecule has 0 spiro atoms. The number of nitrogens with zero attached hydrogens (tertiary/aromatic N) is 1. The summed E-state index contributed by atoms with van der Waals surface area (Å²) in [6.07, 6.45) is 6.84. The number of nitrogens with one attached hydrogen (secondary N) is 2. The molecule has 0 radical (unpaired) electrons. The van der Waals surface area contributed by atoms with E-state index in [0.717, 1.165) is 31.2 Å². The van der Waals surface area contributed by atoms with E-state index >= 15 is 0 Å². The fourth-order valence-electron chi connectivity index (χ4n) is 5.18. The van der Waals surface area contributed by atoms with E-state index in [2.05, 4.69) is 10.6 Å². The quantitative estimate of drug-likeness (QED) is 0.818. The van der Waals surface area contributed by atoms with Crippen molar-refractivity contribution in [1.29, 1.82) is 0 Å². The van der Waals surface area contributed by atoms with Gasteiger partial charge in [-0.2, -0.15) is 0 Å². The van der Waals surface area contributed by atoms with Gasteiger partial charge in [0.15, 0.2) is 0 Å². The van der Waals surface area contributed by atoms with Gasteiger partial charge in [0.05, 0.1) is 12.8 Å². The number of hydrogen-bond donors (Lipinski definition) is 2. The maximum Gasteiger partial charge on any atom is 0.247 e. The van der Waals surface area contributed by atoms with Crippen molar-refractivity contribution in [3.05, 3.63) is 23.8 Å². The number of methoxy groups -OCH3 is 1. The molecule has 2 N–H and O–H groups in total. The van der Waals surface area contributed by atoms with Crippen molar-refractivity contribution in [2.24, 2.45) is 5.92 Å². The largest absolute Gasteiger partial charge is 0.495 e. The van der Waals surface area contributed by atoms with E-state index in [1.807, 2.05) is 30.0 Å². The smallest absolute Gasteiger partial charge is 0.247 e. The maximum absolute atomic E-state index is 13.0. The third-order valence-corrected chi connectivity index (χ3v) is 6.52. The molecule has 3 unspecified atom stereocenters. The van der Waals surface area contributed by atoms with Crippen molar-refractivity contribution in [3.8, 4) is 5.75 Å². The predicted octanol–water partition coefficient (Wildman–Crippen LogP) is 2.85. The molecule has 0 aromatic heterocycles. The molecular formula is C22H31N3O3. The van der Waals surface area contributed by atoms with Crippen LogP contribution >= 0.6 is 0 Å². The molecule has 3 aliphatic heterocycles. The summed E-state index contributed by atoms with van der Waals surface area (Å²) in [7, 11) is 1.60. The molecule has 3 heterocycles. The number of rotatable bonds is 5. The summed E-state index contributed by atoms with van der Waals surface area (Å²) in [6, 6.07) is 6.50. The van der Waals surface area contributed by atoms with Crippen LogP contribution in [0.25, 0.3) is 0 Å². The summed E-state index contributed by atoms with van der Waals surface area (Å²) in [5, 5.41) is 6.62. The van der Waals surface area contributed by atoms with E-state index in [-0.39, 0.29) is 17.9 Å². The lowest BCUT2D eigenvalue weighted by Gasteiger charge is -2.31. The van der Waals surface area contributed by atoms with Gasteiger partial charge in [-0.1, -0.05) is 6.07 Å². The second-order valence-corrected chi connectivity index (χ2v) is 8.62. The first-order chi connectivity index (χ1) is 13.5. The molecule has 3 atom stereocenters. The zero-order valence-corrected chi connectivity index (χ0v) is 16.9. The Morgan fingerprint density at radius 1 is 1.21 bits per heavy atom. The van der Waals surface area contributed by atoms with Crippen LogP contribution in [0.2, 0.25) is 0 Å². The molecule has 3 aliphatic rings. The van der Waals surface area contributed by atoms with Gasteiger partial charge < -0.3 is 20.3 Å². The molecule has 4 rings (SSSR count). The third-order valence-electron chi connectivity index (χ3n) is 6.52. The summed E-state index contributed by atoms with van der Waals surface area (Å²) in [4.78, 5) is 27.7. The molecule has 0 aliphatic carbocycles. The van der Waals surface area contributed by atoms with Gasteiger partial charge in [0, 0.05) is 25.0 Å². The minimum atomic E-state index is -0.379. The molecule has 6 nitrogen and oxygen atoms in total. The average Bonchev–Trinajstić information content (AvgIpc) is 3.28. The number of carbonyl (C=O) groups is 2. The number of benzene rings is 1. The van der Waals surface area contributed by atoms with Gasteiger partial charge in [-0.25, -0.2) is 0 Å². The van der Waals surface area contributed by atoms with Crippen molar-refractivity contribution in [2.45, 2.75) is 70.0 Å². The summed E-state index contributed by atoms with van der Waals surface area (Å²) in [5.41, 5.74) is 1.72. The molecule has 0 saturated carbocycles. The van der Waals surface area contributed by atoms with Crippen molar-refractivity contribution in [1.82, 2.24) is 10.2 Å². The fourth-order valence-corrected chi connectivity index (χ4v) is 5.18. The van der Waals surface area contributed by atoms with Crippen molar-refractivity contribution < 1.29 is 14.3 Å². The molecule has 2 bridgehead atoms. The van der Waals surface area contributed by atoms with Gasteiger partial charge in [0.25, 0.3) is 0 Å². The Labute approximate surface area is 167 Å².